The monoisotopic (exact) mass is 252 g/mol. The zero-order valence-electron chi connectivity index (χ0n) is 10.2. The average molecular weight is 252 g/mol. The van der Waals surface area contributed by atoms with E-state index in [0.717, 1.165) is 17.5 Å². The third kappa shape index (κ3) is 3.17. The first-order valence-corrected chi connectivity index (χ1v) is 5.86. The van der Waals surface area contributed by atoms with Crippen molar-refractivity contribution in [3.05, 3.63) is 65.0 Å². The van der Waals surface area contributed by atoms with E-state index in [2.05, 4.69) is 11.1 Å². The van der Waals surface area contributed by atoms with Gasteiger partial charge in [-0.15, -0.1) is 0 Å². The summed E-state index contributed by atoms with van der Waals surface area (Å²) in [6, 6.07) is 10.9. The molecule has 0 atom stereocenters. The lowest BCUT2D eigenvalue weighted by Crippen LogP contribution is -2.04. The number of nitriles is 1. The highest BCUT2D eigenvalue weighted by Crippen LogP contribution is 2.12. The van der Waals surface area contributed by atoms with Crippen LogP contribution in [0.25, 0.3) is 0 Å². The van der Waals surface area contributed by atoms with Gasteiger partial charge in [-0.2, -0.15) is 5.26 Å². The second kappa shape index (κ2) is 5.78. The van der Waals surface area contributed by atoms with Crippen molar-refractivity contribution in [1.82, 2.24) is 4.98 Å². The zero-order valence-corrected chi connectivity index (χ0v) is 10.2. The van der Waals surface area contributed by atoms with Crippen LogP contribution >= 0.6 is 0 Å². The number of rotatable bonds is 4. The number of benzene rings is 1. The predicted molar refractivity (Wildman–Crippen MR) is 69.8 cm³/mol. The Balaban J connectivity index is 2.10. The van der Waals surface area contributed by atoms with Crippen LogP contribution in [-0.4, -0.2) is 16.1 Å². The maximum atomic E-state index is 11.1. The molecule has 0 fully saturated rings. The van der Waals surface area contributed by atoms with Crippen molar-refractivity contribution in [2.45, 2.75) is 12.8 Å². The summed E-state index contributed by atoms with van der Waals surface area (Å²) in [7, 11) is 0. The number of hydrogen-bond donors (Lipinski definition) is 1. The predicted octanol–water partition coefficient (Wildman–Crippen LogP) is 2.44. The molecule has 0 bridgehead atoms. The summed E-state index contributed by atoms with van der Waals surface area (Å²) in [5, 5.41) is 17.8. The molecular formula is C15H12N2O2. The molecule has 2 aromatic rings. The SMILES string of the molecule is N#Cc1ccc(CCc2cnccc2C(=O)O)cc1. The number of aryl methyl sites for hydroxylation is 2. The van der Waals surface area contributed by atoms with Crippen LogP contribution in [0.1, 0.15) is 27.0 Å². The Morgan fingerprint density at radius 2 is 1.95 bits per heavy atom. The van der Waals surface area contributed by atoms with Crippen LogP contribution in [0.15, 0.2) is 42.7 Å². The molecule has 19 heavy (non-hydrogen) atoms. The lowest BCUT2D eigenvalue weighted by molar-refractivity contribution is 0.0695. The van der Waals surface area contributed by atoms with Gasteiger partial charge in [-0.25, -0.2) is 4.79 Å². The highest BCUT2D eigenvalue weighted by Gasteiger charge is 2.09. The van der Waals surface area contributed by atoms with Gasteiger partial charge in [0.1, 0.15) is 0 Å². The molecular weight excluding hydrogens is 240 g/mol. The average Bonchev–Trinajstić information content (AvgIpc) is 2.46. The Morgan fingerprint density at radius 3 is 2.58 bits per heavy atom. The van der Waals surface area contributed by atoms with Crippen LogP contribution in [0.3, 0.4) is 0 Å². The molecule has 0 saturated carbocycles. The third-order valence-corrected chi connectivity index (χ3v) is 2.90. The number of nitrogens with zero attached hydrogens (tertiary/aromatic N) is 2. The van der Waals surface area contributed by atoms with E-state index in [1.807, 2.05) is 12.1 Å². The minimum absolute atomic E-state index is 0.295. The molecule has 0 saturated heterocycles. The Morgan fingerprint density at radius 1 is 1.21 bits per heavy atom. The molecule has 4 heteroatoms. The summed E-state index contributed by atoms with van der Waals surface area (Å²) >= 11 is 0. The topological polar surface area (TPSA) is 74.0 Å². The Kier molecular flexibility index (Phi) is 3.89. The molecule has 1 aromatic heterocycles. The van der Waals surface area contributed by atoms with Crippen LogP contribution in [0, 0.1) is 11.3 Å². The molecule has 2 rings (SSSR count). The molecule has 0 spiro atoms. The van der Waals surface area contributed by atoms with E-state index in [9.17, 15) is 4.79 Å². The van der Waals surface area contributed by atoms with E-state index in [0.29, 0.717) is 17.5 Å². The molecule has 4 nitrogen and oxygen atoms in total. The second-order valence-electron chi connectivity index (χ2n) is 4.15. The summed E-state index contributed by atoms with van der Waals surface area (Å²) in [5.74, 6) is -0.933. The smallest absolute Gasteiger partial charge is 0.336 e. The lowest BCUT2D eigenvalue weighted by atomic mass is 10.0. The lowest BCUT2D eigenvalue weighted by Gasteiger charge is -2.05. The van der Waals surface area contributed by atoms with Crippen LogP contribution in [0.2, 0.25) is 0 Å². The summed E-state index contributed by atoms with van der Waals surface area (Å²) in [6.07, 6.45) is 4.40. The van der Waals surface area contributed by atoms with Crippen molar-refractivity contribution in [3.63, 3.8) is 0 Å². The van der Waals surface area contributed by atoms with Gasteiger partial charge in [0, 0.05) is 12.4 Å². The Hall–Kier alpha value is -2.67. The van der Waals surface area contributed by atoms with Gasteiger partial charge in [0.2, 0.25) is 0 Å². The maximum Gasteiger partial charge on any atom is 0.336 e. The maximum absolute atomic E-state index is 11.1. The van der Waals surface area contributed by atoms with Crippen molar-refractivity contribution in [2.24, 2.45) is 0 Å². The van der Waals surface area contributed by atoms with Crippen molar-refractivity contribution in [1.29, 1.82) is 5.26 Å². The fourth-order valence-electron chi connectivity index (χ4n) is 1.86. The quantitative estimate of drug-likeness (QED) is 0.906. The number of hydrogen-bond acceptors (Lipinski definition) is 3. The number of carboxylic acids is 1. The molecule has 1 N–H and O–H groups in total. The van der Waals surface area contributed by atoms with E-state index in [1.165, 1.54) is 12.3 Å². The van der Waals surface area contributed by atoms with Crippen molar-refractivity contribution < 1.29 is 9.90 Å². The van der Waals surface area contributed by atoms with Crippen LogP contribution in [-0.2, 0) is 12.8 Å². The van der Waals surface area contributed by atoms with Crippen LogP contribution in [0.4, 0.5) is 0 Å². The highest BCUT2D eigenvalue weighted by molar-refractivity contribution is 5.89. The van der Waals surface area contributed by atoms with E-state index in [1.54, 1.807) is 18.3 Å². The van der Waals surface area contributed by atoms with E-state index in [-0.39, 0.29) is 0 Å². The summed E-state index contributed by atoms with van der Waals surface area (Å²) in [4.78, 5) is 15.0. The summed E-state index contributed by atoms with van der Waals surface area (Å²) in [6.45, 7) is 0. The molecule has 1 aromatic carbocycles. The molecule has 0 aliphatic heterocycles. The fraction of sp³-hybridized carbons (Fsp3) is 0.133. The van der Waals surface area contributed by atoms with E-state index < -0.39 is 5.97 Å². The molecule has 0 radical (unpaired) electrons. The van der Waals surface area contributed by atoms with Gasteiger partial charge < -0.3 is 5.11 Å². The minimum atomic E-state index is -0.933. The summed E-state index contributed by atoms with van der Waals surface area (Å²) in [5.41, 5.74) is 2.71. The van der Waals surface area contributed by atoms with Gasteiger partial charge in [-0.1, -0.05) is 12.1 Å². The highest BCUT2D eigenvalue weighted by atomic mass is 16.4. The van der Waals surface area contributed by atoms with Gasteiger partial charge in [-0.05, 0) is 42.2 Å². The minimum Gasteiger partial charge on any atom is -0.478 e. The van der Waals surface area contributed by atoms with Gasteiger partial charge in [0.25, 0.3) is 0 Å². The van der Waals surface area contributed by atoms with Crippen molar-refractivity contribution in [2.75, 3.05) is 0 Å². The van der Waals surface area contributed by atoms with Gasteiger partial charge in [0.05, 0.1) is 17.2 Å². The first kappa shape index (κ1) is 12.8. The normalized spacial score (nSPS) is 9.84. The number of carboxylic acid groups (broad SMARTS) is 1. The zero-order chi connectivity index (χ0) is 13.7. The van der Waals surface area contributed by atoms with Crippen LogP contribution in [0.5, 0.6) is 0 Å². The van der Waals surface area contributed by atoms with Gasteiger partial charge in [0.15, 0.2) is 0 Å². The first-order chi connectivity index (χ1) is 9.20. The largest absolute Gasteiger partial charge is 0.478 e. The van der Waals surface area contributed by atoms with E-state index in [4.69, 9.17) is 10.4 Å². The number of carbonyl (C=O) groups is 1. The number of pyridine rings is 1. The number of aromatic carboxylic acids is 1. The molecule has 1 heterocycles. The van der Waals surface area contributed by atoms with Crippen molar-refractivity contribution in [3.8, 4) is 6.07 Å². The number of aromatic nitrogens is 1. The standard InChI is InChI=1S/C15H12N2O2/c16-9-12-3-1-11(2-4-12)5-6-13-10-17-8-7-14(13)15(18)19/h1-4,7-8,10H,5-6H2,(H,18,19). The molecule has 0 aliphatic carbocycles. The Labute approximate surface area is 111 Å². The Bertz CT molecular complexity index is 627. The summed E-state index contributed by atoms with van der Waals surface area (Å²) < 4.78 is 0. The van der Waals surface area contributed by atoms with Gasteiger partial charge in [-0.3, -0.25) is 4.98 Å². The molecule has 0 amide bonds. The molecule has 0 unspecified atom stereocenters. The first-order valence-electron chi connectivity index (χ1n) is 5.86. The molecule has 94 valence electrons. The molecule has 0 aliphatic rings. The van der Waals surface area contributed by atoms with Crippen LogP contribution < -0.4 is 0 Å². The fourth-order valence-corrected chi connectivity index (χ4v) is 1.86. The van der Waals surface area contributed by atoms with Crippen molar-refractivity contribution >= 4 is 5.97 Å². The third-order valence-electron chi connectivity index (χ3n) is 2.90. The van der Waals surface area contributed by atoms with E-state index >= 15 is 0 Å². The second-order valence-corrected chi connectivity index (χ2v) is 4.15. The van der Waals surface area contributed by atoms with Gasteiger partial charge >= 0.3 is 5.97 Å².